The molecule has 2 fully saturated rings. The lowest BCUT2D eigenvalue weighted by atomic mass is 9.92. The molecule has 3 amide bonds. The first-order valence-corrected chi connectivity index (χ1v) is 6.55. The summed E-state index contributed by atoms with van der Waals surface area (Å²) in [7, 11) is 1.30. The number of carbonyl (C=O) groups excluding carboxylic acids is 3. The maximum absolute atomic E-state index is 12.4. The fourth-order valence-electron chi connectivity index (χ4n) is 2.87. The van der Waals surface area contributed by atoms with E-state index in [-0.39, 0.29) is 12.5 Å². The van der Waals surface area contributed by atoms with Crippen LogP contribution in [-0.4, -0.2) is 42.0 Å². The van der Waals surface area contributed by atoms with Crippen LogP contribution in [0.2, 0.25) is 0 Å². The molecule has 0 aromatic rings. The minimum atomic E-state index is -0.897. The number of rotatable bonds is 3. The normalized spacial score (nSPS) is 21.9. The number of hydrogen-bond acceptors (Lipinski definition) is 4. The van der Waals surface area contributed by atoms with Crippen molar-refractivity contribution in [2.75, 3.05) is 13.7 Å². The third-order valence-electron chi connectivity index (χ3n) is 3.99. The fourth-order valence-corrected chi connectivity index (χ4v) is 2.87. The van der Waals surface area contributed by atoms with Gasteiger partial charge in [0.2, 0.25) is 0 Å². The summed E-state index contributed by atoms with van der Waals surface area (Å²) in [4.78, 5) is 37.2. The first kappa shape index (κ1) is 13.8. The van der Waals surface area contributed by atoms with E-state index in [1.165, 1.54) is 7.11 Å². The zero-order chi connectivity index (χ0) is 14.3. The molecule has 6 nitrogen and oxygen atoms in total. The van der Waals surface area contributed by atoms with E-state index in [2.05, 4.69) is 5.32 Å². The average Bonchev–Trinajstić information content (AvgIpc) is 2.90. The van der Waals surface area contributed by atoms with E-state index in [4.69, 9.17) is 4.74 Å². The highest BCUT2D eigenvalue weighted by atomic mass is 16.5. The van der Waals surface area contributed by atoms with E-state index < -0.39 is 23.0 Å². The largest absolute Gasteiger partial charge is 0.469 e. The van der Waals surface area contributed by atoms with Crippen molar-refractivity contribution in [1.29, 1.82) is 0 Å². The molecule has 1 aliphatic carbocycles. The third kappa shape index (κ3) is 2.19. The molecule has 19 heavy (non-hydrogen) atoms. The Bertz CT molecular complexity index is 424. The summed E-state index contributed by atoms with van der Waals surface area (Å²) >= 11 is 0. The van der Waals surface area contributed by atoms with Gasteiger partial charge < -0.3 is 10.1 Å². The van der Waals surface area contributed by atoms with Crippen molar-refractivity contribution >= 4 is 17.9 Å². The highest BCUT2D eigenvalue weighted by Gasteiger charge is 2.53. The number of imide groups is 1. The van der Waals surface area contributed by atoms with Gasteiger partial charge in [0.25, 0.3) is 5.91 Å². The summed E-state index contributed by atoms with van der Waals surface area (Å²) in [5.41, 5.74) is -1.62. The van der Waals surface area contributed by atoms with Crippen LogP contribution in [0.4, 0.5) is 4.79 Å². The van der Waals surface area contributed by atoms with Gasteiger partial charge in [-0.15, -0.1) is 0 Å². The summed E-state index contributed by atoms with van der Waals surface area (Å²) in [6, 6.07) is -0.399. The molecular formula is C13H20N2O4. The molecule has 1 spiro atoms. The summed E-state index contributed by atoms with van der Waals surface area (Å²) in [5, 5.41) is 2.79. The molecular weight excluding hydrogens is 248 g/mol. The van der Waals surface area contributed by atoms with Gasteiger partial charge in [0.05, 0.1) is 12.5 Å². The number of ether oxygens (including phenoxy) is 1. The Morgan fingerprint density at radius 3 is 2.47 bits per heavy atom. The smallest absolute Gasteiger partial charge is 0.325 e. The molecule has 0 atom stereocenters. The maximum Gasteiger partial charge on any atom is 0.325 e. The molecule has 0 unspecified atom stereocenters. The van der Waals surface area contributed by atoms with E-state index in [0.29, 0.717) is 12.8 Å². The Morgan fingerprint density at radius 2 is 1.95 bits per heavy atom. The molecule has 6 heteroatoms. The van der Waals surface area contributed by atoms with E-state index in [0.717, 1.165) is 17.7 Å². The molecule has 1 aliphatic heterocycles. The topological polar surface area (TPSA) is 75.7 Å². The summed E-state index contributed by atoms with van der Waals surface area (Å²) < 4.78 is 4.70. The Kier molecular flexibility index (Phi) is 3.28. The molecule has 1 saturated carbocycles. The Labute approximate surface area is 112 Å². The zero-order valence-electron chi connectivity index (χ0n) is 11.6. The van der Waals surface area contributed by atoms with Gasteiger partial charge in [-0.3, -0.25) is 14.5 Å². The molecule has 0 aromatic heterocycles. The SMILES string of the molecule is COC(=O)C(C)(C)CN1C(=O)NC2(CCCC2)C1=O. The zero-order valence-corrected chi connectivity index (χ0v) is 11.6. The molecule has 106 valence electrons. The average molecular weight is 268 g/mol. The van der Waals surface area contributed by atoms with Gasteiger partial charge in [-0.2, -0.15) is 0 Å². The van der Waals surface area contributed by atoms with Crippen LogP contribution in [-0.2, 0) is 14.3 Å². The molecule has 1 heterocycles. The van der Waals surface area contributed by atoms with Gasteiger partial charge in [-0.05, 0) is 26.7 Å². The van der Waals surface area contributed by atoms with Crippen LogP contribution >= 0.6 is 0 Å². The number of methoxy groups -OCH3 is 1. The molecule has 1 N–H and O–H groups in total. The van der Waals surface area contributed by atoms with E-state index in [9.17, 15) is 14.4 Å². The number of hydrogen-bond donors (Lipinski definition) is 1. The number of nitrogens with zero attached hydrogens (tertiary/aromatic N) is 1. The number of amides is 3. The molecule has 2 rings (SSSR count). The van der Waals surface area contributed by atoms with Gasteiger partial charge in [-0.1, -0.05) is 12.8 Å². The van der Waals surface area contributed by atoms with E-state index in [1.54, 1.807) is 13.8 Å². The Hall–Kier alpha value is -1.59. The lowest BCUT2D eigenvalue weighted by Gasteiger charge is -2.26. The van der Waals surface area contributed by atoms with Crippen LogP contribution in [0.1, 0.15) is 39.5 Å². The second kappa shape index (κ2) is 4.51. The molecule has 1 saturated heterocycles. The fraction of sp³-hybridized carbons (Fsp3) is 0.769. The first-order valence-electron chi connectivity index (χ1n) is 6.55. The van der Waals surface area contributed by atoms with E-state index >= 15 is 0 Å². The van der Waals surface area contributed by atoms with Gasteiger partial charge in [0.1, 0.15) is 5.54 Å². The molecule has 0 aromatic carbocycles. The lowest BCUT2D eigenvalue weighted by Crippen LogP contribution is -2.46. The molecule has 2 aliphatic rings. The second-order valence-electron chi connectivity index (χ2n) is 5.99. The summed E-state index contributed by atoms with van der Waals surface area (Å²) in [5.74, 6) is -0.632. The minimum Gasteiger partial charge on any atom is -0.469 e. The van der Waals surface area contributed by atoms with Crippen LogP contribution in [0.15, 0.2) is 0 Å². The minimum absolute atomic E-state index is 0.0477. The quantitative estimate of drug-likeness (QED) is 0.613. The van der Waals surface area contributed by atoms with Gasteiger partial charge in [0, 0.05) is 6.54 Å². The predicted molar refractivity (Wildman–Crippen MR) is 67.2 cm³/mol. The van der Waals surface area contributed by atoms with Crippen molar-refractivity contribution in [3.63, 3.8) is 0 Å². The van der Waals surface area contributed by atoms with Crippen molar-refractivity contribution in [3.8, 4) is 0 Å². The van der Waals surface area contributed by atoms with Crippen molar-refractivity contribution in [2.24, 2.45) is 5.41 Å². The first-order chi connectivity index (χ1) is 8.82. The van der Waals surface area contributed by atoms with Crippen LogP contribution in [0, 0.1) is 5.41 Å². The van der Waals surface area contributed by atoms with Crippen molar-refractivity contribution in [1.82, 2.24) is 10.2 Å². The van der Waals surface area contributed by atoms with Crippen molar-refractivity contribution in [2.45, 2.75) is 45.1 Å². The highest BCUT2D eigenvalue weighted by molar-refractivity contribution is 6.07. The Morgan fingerprint density at radius 1 is 1.37 bits per heavy atom. The van der Waals surface area contributed by atoms with Crippen LogP contribution in [0.3, 0.4) is 0 Å². The standard InChI is InChI=1S/C13H20N2O4/c1-12(2,10(17)19-3)8-15-9(16)13(14-11(15)18)6-4-5-7-13/h4-8H2,1-3H3,(H,14,18). The number of esters is 1. The van der Waals surface area contributed by atoms with Gasteiger partial charge in [-0.25, -0.2) is 4.79 Å². The van der Waals surface area contributed by atoms with Gasteiger partial charge in [0.15, 0.2) is 0 Å². The second-order valence-corrected chi connectivity index (χ2v) is 5.99. The van der Waals surface area contributed by atoms with Crippen LogP contribution in [0.5, 0.6) is 0 Å². The van der Waals surface area contributed by atoms with Crippen molar-refractivity contribution < 1.29 is 19.1 Å². The maximum atomic E-state index is 12.4. The molecule has 0 radical (unpaired) electrons. The third-order valence-corrected chi connectivity index (χ3v) is 3.99. The monoisotopic (exact) mass is 268 g/mol. The van der Waals surface area contributed by atoms with E-state index in [1.807, 2.05) is 0 Å². The molecule has 0 bridgehead atoms. The summed E-state index contributed by atoms with van der Waals surface area (Å²) in [6.45, 7) is 3.38. The number of nitrogens with one attached hydrogen (secondary N) is 1. The number of carbonyl (C=O) groups is 3. The number of urea groups is 1. The predicted octanol–water partition coefficient (Wildman–Crippen LogP) is 1.05. The lowest BCUT2D eigenvalue weighted by molar-refractivity contribution is -0.152. The van der Waals surface area contributed by atoms with Crippen molar-refractivity contribution in [3.05, 3.63) is 0 Å². The van der Waals surface area contributed by atoms with Crippen LogP contribution in [0.25, 0.3) is 0 Å². The van der Waals surface area contributed by atoms with Gasteiger partial charge >= 0.3 is 12.0 Å². The Balaban J connectivity index is 2.15. The summed E-state index contributed by atoms with van der Waals surface area (Å²) in [6.07, 6.45) is 3.26. The highest BCUT2D eigenvalue weighted by Crippen LogP contribution is 2.36. The van der Waals surface area contributed by atoms with Crippen LogP contribution < -0.4 is 5.32 Å².